The molecule has 0 aliphatic carbocycles. The Morgan fingerprint density at radius 2 is 2.00 bits per heavy atom. The Hall–Kier alpha value is -2.59. The minimum Gasteiger partial charge on any atom is -0.451 e. The number of likely N-dealkylation sites (N-methyl/N-ethyl adjacent to an activating group) is 1. The van der Waals surface area contributed by atoms with Crippen LogP contribution in [-0.4, -0.2) is 37.0 Å². The van der Waals surface area contributed by atoms with Crippen LogP contribution in [0, 0.1) is 6.92 Å². The highest BCUT2D eigenvalue weighted by atomic mass is 16.3. The van der Waals surface area contributed by atoms with Crippen LogP contribution < -0.4 is 4.90 Å². The summed E-state index contributed by atoms with van der Waals surface area (Å²) < 4.78 is 5.88. The number of piperidine rings is 1. The van der Waals surface area contributed by atoms with Gasteiger partial charge in [-0.3, -0.25) is 4.79 Å². The fraction of sp³-hybridized carbons (Fsp3) is 0.318. The molecular formula is C22H22N2O2. The van der Waals surface area contributed by atoms with E-state index in [1.807, 2.05) is 35.2 Å². The maximum Gasteiger partial charge on any atom is 0.294 e. The predicted octanol–water partition coefficient (Wildman–Crippen LogP) is 4.19. The Balaban J connectivity index is 1.60. The molecule has 0 radical (unpaired) electrons. The molecular weight excluding hydrogens is 324 g/mol. The van der Waals surface area contributed by atoms with Gasteiger partial charge in [0.1, 0.15) is 5.58 Å². The molecule has 1 saturated heterocycles. The maximum atomic E-state index is 13.4. The molecule has 2 aliphatic heterocycles. The SMILES string of the molecule is Cc1ccc2c(c1)[C@H]1CN(C)CC[C@H]1N2C(=O)c1cc2ccccc2o1. The second kappa shape index (κ2) is 5.71. The summed E-state index contributed by atoms with van der Waals surface area (Å²) in [6.07, 6.45) is 0.987. The Morgan fingerprint density at radius 1 is 1.15 bits per heavy atom. The average Bonchev–Trinajstić information content (AvgIpc) is 3.20. The Labute approximate surface area is 153 Å². The predicted molar refractivity (Wildman–Crippen MR) is 103 cm³/mol. The Kier molecular flexibility index (Phi) is 3.44. The normalized spacial score (nSPS) is 22.5. The zero-order chi connectivity index (χ0) is 17.8. The van der Waals surface area contributed by atoms with E-state index in [1.54, 1.807) is 0 Å². The number of carbonyl (C=O) groups excluding carboxylic acids is 1. The van der Waals surface area contributed by atoms with Crippen LogP contribution in [0.5, 0.6) is 0 Å². The van der Waals surface area contributed by atoms with Crippen molar-refractivity contribution in [1.29, 1.82) is 0 Å². The first kappa shape index (κ1) is 15.6. The van der Waals surface area contributed by atoms with Crippen molar-refractivity contribution in [3.05, 3.63) is 65.4 Å². The van der Waals surface area contributed by atoms with Gasteiger partial charge in [-0.05, 0) is 50.7 Å². The highest BCUT2D eigenvalue weighted by molar-refractivity contribution is 6.08. The molecule has 0 saturated carbocycles. The smallest absolute Gasteiger partial charge is 0.294 e. The molecule has 2 aliphatic rings. The van der Waals surface area contributed by atoms with Crippen molar-refractivity contribution in [2.45, 2.75) is 25.3 Å². The van der Waals surface area contributed by atoms with Crippen LogP contribution >= 0.6 is 0 Å². The number of aryl methyl sites for hydroxylation is 1. The van der Waals surface area contributed by atoms with Gasteiger partial charge in [0.25, 0.3) is 5.91 Å². The van der Waals surface area contributed by atoms with Gasteiger partial charge in [0.05, 0.1) is 0 Å². The lowest BCUT2D eigenvalue weighted by atomic mass is 9.89. The van der Waals surface area contributed by atoms with Crippen LogP contribution in [0.1, 0.15) is 34.0 Å². The number of anilines is 1. The molecule has 0 spiro atoms. The van der Waals surface area contributed by atoms with E-state index in [-0.39, 0.29) is 11.9 Å². The summed E-state index contributed by atoms with van der Waals surface area (Å²) in [7, 11) is 2.16. The molecule has 4 nitrogen and oxygen atoms in total. The van der Waals surface area contributed by atoms with Gasteiger partial charge in [0.15, 0.2) is 5.76 Å². The van der Waals surface area contributed by atoms with Crippen molar-refractivity contribution < 1.29 is 9.21 Å². The molecule has 0 unspecified atom stereocenters. The first-order valence-corrected chi connectivity index (χ1v) is 9.23. The van der Waals surface area contributed by atoms with E-state index >= 15 is 0 Å². The van der Waals surface area contributed by atoms with Gasteiger partial charge in [-0.1, -0.05) is 35.9 Å². The summed E-state index contributed by atoms with van der Waals surface area (Å²) in [6, 6.07) is 16.3. The van der Waals surface area contributed by atoms with Crippen molar-refractivity contribution in [2.24, 2.45) is 0 Å². The molecule has 0 N–H and O–H groups in total. The summed E-state index contributed by atoms with van der Waals surface area (Å²) in [5.74, 6) is 0.776. The first-order chi connectivity index (χ1) is 12.6. The summed E-state index contributed by atoms with van der Waals surface area (Å²) >= 11 is 0. The Morgan fingerprint density at radius 3 is 2.85 bits per heavy atom. The lowest BCUT2D eigenvalue weighted by Crippen LogP contribution is -2.47. The molecule has 1 aromatic heterocycles. The maximum absolute atomic E-state index is 13.4. The molecule has 2 aromatic carbocycles. The van der Waals surface area contributed by atoms with E-state index < -0.39 is 0 Å². The molecule has 132 valence electrons. The zero-order valence-corrected chi connectivity index (χ0v) is 15.1. The van der Waals surface area contributed by atoms with E-state index in [9.17, 15) is 4.79 Å². The van der Waals surface area contributed by atoms with Crippen molar-refractivity contribution in [1.82, 2.24) is 4.90 Å². The molecule has 4 heteroatoms. The molecule has 26 heavy (non-hydrogen) atoms. The standard InChI is InChI=1S/C22H22N2O2/c1-14-7-8-18-16(11-14)17-13-23(2)10-9-19(17)24(18)22(25)21-12-15-5-3-4-6-20(15)26-21/h3-8,11-12,17,19H,9-10,13H2,1-2H3/t17-,19-/m1/s1. The van der Waals surface area contributed by atoms with Gasteiger partial charge in [0.2, 0.25) is 0 Å². The number of likely N-dealkylation sites (tertiary alicyclic amines) is 1. The zero-order valence-electron chi connectivity index (χ0n) is 15.1. The summed E-state index contributed by atoms with van der Waals surface area (Å²) in [4.78, 5) is 17.8. The molecule has 5 rings (SSSR count). The van der Waals surface area contributed by atoms with E-state index in [4.69, 9.17) is 4.42 Å². The molecule has 0 bridgehead atoms. The summed E-state index contributed by atoms with van der Waals surface area (Å²) in [5.41, 5.74) is 4.35. The van der Waals surface area contributed by atoms with Gasteiger partial charge in [-0.25, -0.2) is 0 Å². The van der Waals surface area contributed by atoms with E-state index in [0.29, 0.717) is 11.7 Å². The van der Waals surface area contributed by atoms with Crippen LogP contribution in [0.15, 0.2) is 52.9 Å². The average molecular weight is 346 g/mol. The third-order valence-corrected chi connectivity index (χ3v) is 5.81. The van der Waals surface area contributed by atoms with Crippen LogP contribution in [0.25, 0.3) is 11.0 Å². The number of rotatable bonds is 1. The number of furan rings is 1. The molecule has 3 aromatic rings. The molecule has 2 atom stereocenters. The number of carbonyl (C=O) groups is 1. The van der Waals surface area contributed by atoms with Crippen molar-refractivity contribution in [2.75, 3.05) is 25.0 Å². The number of hydrogen-bond acceptors (Lipinski definition) is 3. The second-order valence-corrected chi connectivity index (χ2v) is 7.61. The van der Waals surface area contributed by atoms with Gasteiger partial charge in [-0.15, -0.1) is 0 Å². The van der Waals surface area contributed by atoms with Crippen LogP contribution in [0.3, 0.4) is 0 Å². The Bertz CT molecular complexity index is 973. The molecule has 3 heterocycles. The summed E-state index contributed by atoms with van der Waals surface area (Å²) in [5, 5.41) is 0.971. The van der Waals surface area contributed by atoms with Crippen LogP contribution in [0.4, 0.5) is 5.69 Å². The highest BCUT2D eigenvalue weighted by Crippen LogP contribution is 2.45. The van der Waals surface area contributed by atoms with Crippen molar-refractivity contribution >= 4 is 22.6 Å². The van der Waals surface area contributed by atoms with Crippen molar-refractivity contribution in [3.8, 4) is 0 Å². The van der Waals surface area contributed by atoms with E-state index in [0.717, 1.165) is 36.2 Å². The topological polar surface area (TPSA) is 36.7 Å². The molecule has 1 fully saturated rings. The number of fused-ring (bicyclic) bond motifs is 4. The number of amides is 1. The summed E-state index contributed by atoms with van der Waals surface area (Å²) in [6.45, 7) is 4.12. The van der Waals surface area contributed by atoms with E-state index in [1.165, 1.54) is 11.1 Å². The fourth-order valence-electron chi connectivity index (χ4n) is 4.55. The van der Waals surface area contributed by atoms with Gasteiger partial charge < -0.3 is 14.2 Å². The van der Waals surface area contributed by atoms with Gasteiger partial charge in [-0.2, -0.15) is 0 Å². The van der Waals surface area contributed by atoms with Gasteiger partial charge in [0, 0.05) is 29.6 Å². The van der Waals surface area contributed by atoms with Gasteiger partial charge >= 0.3 is 0 Å². The second-order valence-electron chi connectivity index (χ2n) is 7.61. The van der Waals surface area contributed by atoms with E-state index in [2.05, 4.69) is 37.1 Å². The lowest BCUT2D eigenvalue weighted by Gasteiger charge is -2.36. The minimum atomic E-state index is -0.0247. The van der Waals surface area contributed by atoms with Crippen LogP contribution in [0.2, 0.25) is 0 Å². The number of para-hydroxylation sites is 1. The minimum absolute atomic E-state index is 0.0247. The number of hydrogen-bond donors (Lipinski definition) is 0. The first-order valence-electron chi connectivity index (χ1n) is 9.23. The third kappa shape index (κ3) is 2.29. The quantitative estimate of drug-likeness (QED) is 0.663. The molecule has 1 amide bonds. The highest BCUT2D eigenvalue weighted by Gasteiger charge is 2.44. The van der Waals surface area contributed by atoms with Crippen molar-refractivity contribution in [3.63, 3.8) is 0 Å². The monoisotopic (exact) mass is 346 g/mol. The number of nitrogens with zero attached hydrogens (tertiary/aromatic N) is 2. The number of benzene rings is 2. The van der Waals surface area contributed by atoms with Crippen LogP contribution in [-0.2, 0) is 0 Å². The largest absolute Gasteiger partial charge is 0.451 e. The third-order valence-electron chi connectivity index (χ3n) is 5.81. The lowest BCUT2D eigenvalue weighted by molar-refractivity contribution is 0.0940. The fourth-order valence-corrected chi connectivity index (χ4v) is 4.55.